The molecule has 3 N–H and O–H groups in total. The quantitative estimate of drug-likeness (QED) is 0.392. The minimum atomic E-state index is -1.00. The molecule has 7 rings (SSSR count). The van der Waals surface area contributed by atoms with Crippen molar-refractivity contribution in [2.75, 3.05) is 12.4 Å². The average Bonchev–Trinajstić information content (AvgIpc) is 3.30. The number of imidazole rings is 1. The molecule has 2 aromatic rings. The van der Waals surface area contributed by atoms with Gasteiger partial charge in [-0.05, 0) is 93.7 Å². The molecule has 1 atom stereocenters. The van der Waals surface area contributed by atoms with E-state index in [4.69, 9.17) is 9.72 Å². The first-order valence-corrected chi connectivity index (χ1v) is 14.1. The van der Waals surface area contributed by atoms with Gasteiger partial charge < -0.3 is 20.1 Å². The average molecular weight is 506 g/mol. The standard InChI is InChI=1S/C30H39N3O4/c1-17-8-9-22(13-23(17)29(35)36)31-28(34)25-24(32-27(33-25)21-6-4-3-5-7-21)26(37-2)30-14-18-10-19(15-30)12-20(11-18)16-30/h8-9,13,18-21,26H,3-7,10-12,14-16H2,1-2H3,(H,31,34)(H,32,33)(H,35,36). The summed E-state index contributed by atoms with van der Waals surface area (Å²) in [5.41, 5.74) is 2.58. The molecule has 5 aliphatic carbocycles. The molecule has 0 spiro atoms. The molecule has 0 radical (unpaired) electrons. The van der Waals surface area contributed by atoms with Crippen molar-refractivity contribution in [3.63, 3.8) is 0 Å². The van der Waals surface area contributed by atoms with Crippen LogP contribution in [0.1, 0.15) is 121 Å². The molecule has 37 heavy (non-hydrogen) atoms. The zero-order valence-corrected chi connectivity index (χ0v) is 22.0. The minimum Gasteiger partial charge on any atom is -0.478 e. The lowest BCUT2D eigenvalue weighted by Gasteiger charge is -2.58. The summed E-state index contributed by atoms with van der Waals surface area (Å²) < 4.78 is 6.30. The van der Waals surface area contributed by atoms with Gasteiger partial charge in [0, 0.05) is 24.1 Å². The first-order chi connectivity index (χ1) is 17.8. The van der Waals surface area contributed by atoms with Gasteiger partial charge in [-0.25, -0.2) is 9.78 Å². The highest BCUT2D eigenvalue weighted by molar-refractivity contribution is 6.04. The number of hydrogen-bond donors (Lipinski definition) is 3. The van der Waals surface area contributed by atoms with Crippen LogP contribution in [-0.2, 0) is 4.74 Å². The molecule has 1 heterocycles. The van der Waals surface area contributed by atoms with Crippen LogP contribution in [0, 0.1) is 30.1 Å². The van der Waals surface area contributed by atoms with Crippen LogP contribution in [-0.4, -0.2) is 34.1 Å². The number of aryl methyl sites for hydroxylation is 1. The molecular formula is C30H39N3O4. The predicted molar refractivity (Wildman–Crippen MR) is 141 cm³/mol. The van der Waals surface area contributed by atoms with Crippen LogP contribution in [0.3, 0.4) is 0 Å². The van der Waals surface area contributed by atoms with Gasteiger partial charge in [0.15, 0.2) is 5.69 Å². The first-order valence-electron chi connectivity index (χ1n) is 14.1. The third-order valence-electron chi connectivity index (χ3n) is 9.82. The Morgan fingerprint density at radius 2 is 1.73 bits per heavy atom. The number of ether oxygens (including phenoxy) is 1. The number of H-pyrrole nitrogens is 1. The van der Waals surface area contributed by atoms with Crippen molar-refractivity contribution in [1.29, 1.82) is 0 Å². The lowest BCUT2D eigenvalue weighted by molar-refractivity contribution is -0.135. The Hall–Kier alpha value is -2.67. The number of nitrogens with one attached hydrogen (secondary N) is 2. The first kappa shape index (κ1) is 24.7. The molecule has 198 valence electrons. The fourth-order valence-electron chi connectivity index (χ4n) is 8.63. The lowest BCUT2D eigenvalue weighted by atomic mass is 9.48. The van der Waals surface area contributed by atoms with E-state index < -0.39 is 5.97 Å². The number of carboxylic acids is 1. The number of carboxylic acid groups (broad SMARTS) is 1. The molecule has 5 fully saturated rings. The summed E-state index contributed by atoms with van der Waals surface area (Å²) in [6.07, 6.45) is 13.1. The highest BCUT2D eigenvalue weighted by Crippen LogP contribution is 2.64. The molecule has 4 bridgehead atoms. The molecule has 1 amide bonds. The molecule has 1 aromatic heterocycles. The van der Waals surface area contributed by atoms with Crippen molar-refractivity contribution in [1.82, 2.24) is 9.97 Å². The molecular weight excluding hydrogens is 466 g/mol. The van der Waals surface area contributed by atoms with Gasteiger partial charge in [0.2, 0.25) is 0 Å². The molecule has 0 aliphatic heterocycles. The largest absolute Gasteiger partial charge is 0.478 e. The number of benzene rings is 1. The number of aromatic amines is 1. The summed E-state index contributed by atoms with van der Waals surface area (Å²) in [7, 11) is 1.78. The van der Waals surface area contributed by atoms with Crippen LogP contribution in [0.4, 0.5) is 5.69 Å². The van der Waals surface area contributed by atoms with Gasteiger partial charge in [-0.2, -0.15) is 0 Å². The molecule has 5 saturated carbocycles. The SMILES string of the molecule is COC(c1[nH]c(C2CCCCC2)nc1C(=O)Nc1ccc(C)c(C(=O)O)c1)C12CC3CC(CC(C3)C1)C2. The number of carbonyl (C=O) groups excluding carboxylic acids is 1. The molecule has 1 aromatic carbocycles. The van der Waals surface area contributed by atoms with Gasteiger partial charge in [-0.3, -0.25) is 4.79 Å². The van der Waals surface area contributed by atoms with Gasteiger partial charge in [0.25, 0.3) is 5.91 Å². The monoisotopic (exact) mass is 505 g/mol. The Balaban J connectivity index is 1.36. The van der Waals surface area contributed by atoms with E-state index >= 15 is 0 Å². The third kappa shape index (κ3) is 4.49. The second kappa shape index (κ2) is 9.57. The van der Waals surface area contributed by atoms with Gasteiger partial charge >= 0.3 is 5.97 Å². The Labute approximate surface area is 218 Å². The van der Waals surface area contributed by atoms with E-state index in [2.05, 4.69) is 10.3 Å². The van der Waals surface area contributed by atoms with E-state index in [1.54, 1.807) is 26.2 Å². The highest BCUT2D eigenvalue weighted by atomic mass is 16.5. The molecule has 7 heteroatoms. The third-order valence-corrected chi connectivity index (χ3v) is 9.82. The zero-order valence-electron chi connectivity index (χ0n) is 22.0. The summed E-state index contributed by atoms with van der Waals surface area (Å²) in [6.45, 7) is 1.76. The Morgan fingerprint density at radius 1 is 1.08 bits per heavy atom. The van der Waals surface area contributed by atoms with E-state index in [9.17, 15) is 14.7 Å². The number of hydrogen-bond acceptors (Lipinski definition) is 4. The fraction of sp³-hybridized carbons (Fsp3) is 0.633. The van der Waals surface area contributed by atoms with Crippen molar-refractivity contribution in [2.24, 2.45) is 23.2 Å². The van der Waals surface area contributed by atoms with Gasteiger partial charge in [-0.15, -0.1) is 0 Å². The minimum absolute atomic E-state index is 0.0508. The summed E-state index contributed by atoms with van der Waals surface area (Å²) in [5, 5.41) is 12.5. The number of nitrogens with zero attached hydrogens (tertiary/aromatic N) is 1. The topological polar surface area (TPSA) is 104 Å². The van der Waals surface area contributed by atoms with Crippen molar-refractivity contribution in [2.45, 2.75) is 89.6 Å². The smallest absolute Gasteiger partial charge is 0.336 e. The number of aromatic nitrogens is 2. The van der Waals surface area contributed by atoms with Crippen molar-refractivity contribution in [3.8, 4) is 0 Å². The maximum Gasteiger partial charge on any atom is 0.336 e. The van der Waals surface area contributed by atoms with Crippen molar-refractivity contribution < 1.29 is 19.4 Å². The van der Waals surface area contributed by atoms with Crippen LogP contribution in [0.5, 0.6) is 0 Å². The fourth-order valence-corrected chi connectivity index (χ4v) is 8.63. The van der Waals surface area contributed by atoms with Crippen molar-refractivity contribution >= 4 is 17.6 Å². The summed E-state index contributed by atoms with van der Waals surface area (Å²) in [6, 6.07) is 5.00. The Morgan fingerprint density at radius 3 is 2.32 bits per heavy atom. The van der Waals surface area contributed by atoms with Crippen molar-refractivity contribution in [3.05, 3.63) is 46.5 Å². The maximum absolute atomic E-state index is 13.7. The van der Waals surface area contributed by atoms with Gasteiger partial charge in [0.1, 0.15) is 11.9 Å². The van der Waals surface area contributed by atoms with Crippen LogP contribution < -0.4 is 5.32 Å². The second-order valence-electron chi connectivity index (χ2n) is 12.4. The highest BCUT2D eigenvalue weighted by Gasteiger charge is 2.56. The van der Waals surface area contributed by atoms with E-state index in [0.29, 0.717) is 22.9 Å². The maximum atomic E-state index is 13.7. The zero-order chi connectivity index (χ0) is 25.7. The summed E-state index contributed by atoms with van der Waals surface area (Å²) >= 11 is 0. The van der Waals surface area contributed by atoms with Gasteiger partial charge in [-0.1, -0.05) is 25.3 Å². The number of aromatic carboxylic acids is 1. The normalized spacial score (nSPS) is 29.8. The lowest BCUT2D eigenvalue weighted by Crippen LogP contribution is -2.49. The van der Waals surface area contributed by atoms with E-state index in [1.807, 2.05) is 0 Å². The molecule has 5 aliphatic rings. The number of methoxy groups -OCH3 is 1. The molecule has 7 nitrogen and oxygen atoms in total. The Kier molecular flexibility index (Phi) is 6.38. The van der Waals surface area contributed by atoms with Crippen LogP contribution in [0.15, 0.2) is 18.2 Å². The molecule has 0 saturated heterocycles. The number of amides is 1. The van der Waals surface area contributed by atoms with Crippen LogP contribution in [0.2, 0.25) is 0 Å². The van der Waals surface area contributed by atoms with E-state index in [1.165, 1.54) is 44.6 Å². The van der Waals surface area contributed by atoms with Gasteiger partial charge in [0.05, 0.1) is 11.3 Å². The summed E-state index contributed by atoms with van der Waals surface area (Å²) in [4.78, 5) is 34.0. The number of rotatable bonds is 7. The summed E-state index contributed by atoms with van der Waals surface area (Å²) in [5.74, 6) is 2.23. The predicted octanol–water partition coefficient (Wildman–Crippen LogP) is 6.62. The van der Waals surface area contributed by atoms with Crippen LogP contribution in [0.25, 0.3) is 0 Å². The van der Waals surface area contributed by atoms with E-state index in [-0.39, 0.29) is 23.0 Å². The van der Waals surface area contributed by atoms with E-state index in [0.717, 1.165) is 61.4 Å². The number of carbonyl (C=O) groups is 2. The second-order valence-corrected chi connectivity index (χ2v) is 12.4. The molecule has 1 unspecified atom stereocenters. The number of anilines is 1. The van der Waals surface area contributed by atoms with Crippen LogP contribution >= 0.6 is 0 Å². The Bertz CT molecular complexity index is 1160.